The summed E-state index contributed by atoms with van der Waals surface area (Å²) in [7, 11) is 0. The normalized spacial score (nSPS) is 19.8. The van der Waals surface area contributed by atoms with Gasteiger partial charge >= 0.3 is 12.0 Å². The third-order valence-corrected chi connectivity index (χ3v) is 10.1. The number of carbonyl (C=O) groups is 2. The third kappa shape index (κ3) is 5.02. The molecular formula is C32H39N3O3S. The van der Waals surface area contributed by atoms with E-state index in [1.807, 2.05) is 23.2 Å². The van der Waals surface area contributed by atoms with Crippen molar-refractivity contribution in [2.24, 2.45) is 0 Å². The van der Waals surface area contributed by atoms with Crippen molar-refractivity contribution < 1.29 is 14.3 Å². The maximum absolute atomic E-state index is 14.5. The molecule has 2 aromatic heterocycles. The van der Waals surface area contributed by atoms with E-state index in [2.05, 4.69) is 59.4 Å². The number of benzene rings is 1. The number of nitrogens with zero attached hydrogens (tertiary/aromatic N) is 2. The first kappa shape index (κ1) is 26.2. The van der Waals surface area contributed by atoms with Crippen LogP contribution in [0.4, 0.5) is 4.79 Å². The molecular weight excluding hydrogens is 506 g/mol. The van der Waals surface area contributed by atoms with Crippen molar-refractivity contribution in [2.75, 3.05) is 6.61 Å². The van der Waals surface area contributed by atoms with Gasteiger partial charge in [-0.1, -0.05) is 49.1 Å². The lowest BCUT2D eigenvalue weighted by atomic mass is 9.79. The quantitative estimate of drug-likeness (QED) is 0.351. The number of amides is 2. The lowest BCUT2D eigenvalue weighted by Crippen LogP contribution is -2.55. The molecule has 1 unspecified atom stereocenters. The minimum atomic E-state index is -0.565. The van der Waals surface area contributed by atoms with Crippen molar-refractivity contribution in [3.8, 4) is 5.00 Å². The summed E-state index contributed by atoms with van der Waals surface area (Å²) in [6.07, 6.45) is 11.8. The predicted octanol–water partition coefficient (Wildman–Crippen LogP) is 7.00. The van der Waals surface area contributed by atoms with Gasteiger partial charge in [-0.3, -0.25) is 4.79 Å². The van der Waals surface area contributed by atoms with Gasteiger partial charge < -0.3 is 19.5 Å². The second kappa shape index (κ2) is 10.8. The van der Waals surface area contributed by atoms with E-state index >= 15 is 0 Å². The maximum Gasteiger partial charge on any atom is 0.318 e. The van der Waals surface area contributed by atoms with Crippen LogP contribution in [0.2, 0.25) is 0 Å². The Labute approximate surface area is 235 Å². The Bertz CT molecular complexity index is 1350. The van der Waals surface area contributed by atoms with E-state index in [1.165, 1.54) is 39.4 Å². The van der Waals surface area contributed by atoms with Crippen molar-refractivity contribution in [1.82, 2.24) is 14.8 Å². The topological polar surface area (TPSA) is 63.6 Å². The SMILES string of the molecule is CCOC(=O)CC1(NC(=O)N2Cc3c(sc4c3CCCC4)-n3cccc3C2c2ccc(C)cc2)CCCCC1. The molecule has 0 spiro atoms. The summed E-state index contributed by atoms with van der Waals surface area (Å²) in [6, 6.07) is 12.5. The summed E-state index contributed by atoms with van der Waals surface area (Å²) >= 11 is 1.90. The first-order valence-corrected chi connectivity index (χ1v) is 15.4. The van der Waals surface area contributed by atoms with E-state index in [-0.39, 0.29) is 24.5 Å². The minimum absolute atomic E-state index is 0.0943. The first-order valence-electron chi connectivity index (χ1n) is 14.6. The van der Waals surface area contributed by atoms with Crippen LogP contribution in [0, 0.1) is 6.92 Å². The van der Waals surface area contributed by atoms with Crippen LogP contribution in [-0.2, 0) is 28.9 Å². The van der Waals surface area contributed by atoms with E-state index in [9.17, 15) is 9.59 Å². The van der Waals surface area contributed by atoms with Crippen LogP contribution in [-0.4, -0.2) is 33.6 Å². The molecule has 3 aromatic rings. The van der Waals surface area contributed by atoms with Gasteiger partial charge in [-0.05, 0) is 75.6 Å². The highest BCUT2D eigenvalue weighted by Gasteiger charge is 2.41. The average molecular weight is 546 g/mol. The van der Waals surface area contributed by atoms with Crippen molar-refractivity contribution in [1.29, 1.82) is 0 Å². The van der Waals surface area contributed by atoms with Gasteiger partial charge in [0.25, 0.3) is 0 Å². The van der Waals surface area contributed by atoms with Gasteiger partial charge in [-0.15, -0.1) is 11.3 Å². The molecule has 0 bridgehead atoms. The van der Waals surface area contributed by atoms with Crippen molar-refractivity contribution in [3.63, 3.8) is 0 Å². The van der Waals surface area contributed by atoms with Crippen LogP contribution in [0.5, 0.6) is 0 Å². The summed E-state index contributed by atoms with van der Waals surface area (Å²) in [5.41, 5.74) is 5.58. The highest BCUT2D eigenvalue weighted by atomic mass is 32.1. The summed E-state index contributed by atoms with van der Waals surface area (Å²) in [5, 5.41) is 4.69. The number of hydrogen-bond acceptors (Lipinski definition) is 4. The van der Waals surface area contributed by atoms with Crippen LogP contribution >= 0.6 is 11.3 Å². The van der Waals surface area contributed by atoms with Gasteiger partial charge in [0.1, 0.15) is 5.00 Å². The molecule has 0 saturated heterocycles. The number of ether oxygens (including phenoxy) is 1. The number of thiophene rings is 1. The Morgan fingerprint density at radius 3 is 2.56 bits per heavy atom. The molecule has 3 heterocycles. The Balaban J connectivity index is 1.43. The molecule has 3 aliphatic rings. The highest BCUT2D eigenvalue weighted by Crippen LogP contribution is 2.44. The second-order valence-electron chi connectivity index (χ2n) is 11.5. The fourth-order valence-corrected chi connectivity index (χ4v) is 8.25. The second-order valence-corrected chi connectivity index (χ2v) is 12.6. The number of aromatic nitrogens is 1. The van der Waals surface area contributed by atoms with Gasteiger partial charge in [-0.2, -0.15) is 0 Å². The number of hydrogen-bond donors (Lipinski definition) is 1. The van der Waals surface area contributed by atoms with Gasteiger partial charge in [0.2, 0.25) is 0 Å². The zero-order valence-electron chi connectivity index (χ0n) is 23.1. The molecule has 2 aliphatic carbocycles. The molecule has 39 heavy (non-hydrogen) atoms. The van der Waals surface area contributed by atoms with E-state index in [1.54, 1.807) is 0 Å². The smallest absolute Gasteiger partial charge is 0.318 e. The maximum atomic E-state index is 14.5. The van der Waals surface area contributed by atoms with E-state index in [0.717, 1.165) is 56.2 Å². The van der Waals surface area contributed by atoms with Crippen LogP contribution in [0.1, 0.15) is 97.2 Å². The monoisotopic (exact) mass is 545 g/mol. The van der Waals surface area contributed by atoms with E-state index < -0.39 is 5.54 Å². The number of urea groups is 1. The number of rotatable bonds is 5. The number of esters is 1. The zero-order chi connectivity index (χ0) is 27.0. The van der Waals surface area contributed by atoms with Crippen molar-refractivity contribution >= 4 is 23.3 Å². The number of fused-ring (bicyclic) bond motifs is 5. The molecule has 2 amide bonds. The van der Waals surface area contributed by atoms with Gasteiger partial charge in [0, 0.05) is 16.6 Å². The third-order valence-electron chi connectivity index (χ3n) is 8.80. The number of nitrogens with one attached hydrogen (secondary N) is 1. The van der Waals surface area contributed by atoms with Crippen LogP contribution in [0.3, 0.4) is 0 Å². The van der Waals surface area contributed by atoms with Crippen molar-refractivity contribution in [2.45, 2.75) is 96.2 Å². The van der Waals surface area contributed by atoms with Gasteiger partial charge in [-0.25, -0.2) is 4.79 Å². The zero-order valence-corrected chi connectivity index (χ0v) is 23.9. The lowest BCUT2D eigenvalue weighted by molar-refractivity contribution is -0.145. The molecule has 1 aliphatic heterocycles. The molecule has 1 aromatic carbocycles. The standard InChI is InChI=1S/C32H39N3O3S/c1-3-38-28(36)20-32(17-7-4-8-18-32)33-31(37)35-21-25-24-10-5-6-12-27(24)39-30(25)34-19-9-11-26(34)29(35)23-15-13-22(2)14-16-23/h9,11,13-16,19,29H,3-8,10,12,17-18,20-21H2,1-2H3,(H,33,37). The Hall–Kier alpha value is -3.06. The van der Waals surface area contributed by atoms with Crippen LogP contribution in [0.25, 0.3) is 5.00 Å². The predicted molar refractivity (Wildman–Crippen MR) is 154 cm³/mol. The molecule has 1 fully saturated rings. The van der Waals surface area contributed by atoms with Crippen molar-refractivity contribution in [3.05, 3.63) is 75.4 Å². The molecule has 6 rings (SSSR count). The van der Waals surface area contributed by atoms with Crippen LogP contribution < -0.4 is 5.32 Å². The average Bonchev–Trinajstić information content (AvgIpc) is 3.52. The summed E-state index contributed by atoms with van der Waals surface area (Å²) in [5.74, 6) is -0.228. The summed E-state index contributed by atoms with van der Waals surface area (Å²) in [6.45, 7) is 4.84. The van der Waals surface area contributed by atoms with Crippen LogP contribution in [0.15, 0.2) is 42.6 Å². The van der Waals surface area contributed by atoms with Gasteiger partial charge in [0.05, 0.1) is 36.8 Å². The fraction of sp³-hybridized carbons (Fsp3) is 0.500. The fourth-order valence-electron chi connectivity index (χ4n) is 6.85. The van der Waals surface area contributed by atoms with E-state index in [0.29, 0.717) is 13.2 Å². The highest BCUT2D eigenvalue weighted by molar-refractivity contribution is 7.15. The Morgan fingerprint density at radius 2 is 1.79 bits per heavy atom. The minimum Gasteiger partial charge on any atom is -0.466 e. The molecule has 1 N–H and O–H groups in total. The van der Waals surface area contributed by atoms with E-state index in [4.69, 9.17) is 4.74 Å². The Kier molecular flexibility index (Phi) is 7.27. The Morgan fingerprint density at radius 1 is 1.03 bits per heavy atom. The first-order chi connectivity index (χ1) is 19.0. The number of aryl methyl sites for hydroxylation is 2. The number of carbonyl (C=O) groups excluding carboxylic acids is 2. The molecule has 1 atom stereocenters. The molecule has 206 valence electrons. The molecule has 7 heteroatoms. The molecule has 1 saturated carbocycles. The lowest BCUT2D eigenvalue weighted by Gasteiger charge is -2.40. The summed E-state index contributed by atoms with van der Waals surface area (Å²) < 4.78 is 7.67. The summed E-state index contributed by atoms with van der Waals surface area (Å²) in [4.78, 5) is 30.7. The molecule has 6 nitrogen and oxygen atoms in total. The largest absolute Gasteiger partial charge is 0.466 e. The van der Waals surface area contributed by atoms with Gasteiger partial charge in [0.15, 0.2) is 0 Å². The molecule has 0 radical (unpaired) electrons.